The van der Waals surface area contributed by atoms with Crippen LogP contribution in [0.4, 0.5) is 5.69 Å². The average Bonchev–Trinajstić information content (AvgIpc) is 2.04. The van der Waals surface area contributed by atoms with Crippen molar-refractivity contribution in [2.24, 2.45) is 5.73 Å². The molecule has 1 rings (SSSR count). The summed E-state index contributed by atoms with van der Waals surface area (Å²) < 4.78 is 5.89. The fourth-order valence-corrected chi connectivity index (χ4v) is 1.80. The van der Waals surface area contributed by atoms with Gasteiger partial charge < -0.3 is 16.2 Å². The van der Waals surface area contributed by atoms with Gasteiger partial charge in [0.1, 0.15) is 0 Å². The van der Waals surface area contributed by atoms with Crippen LogP contribution in [0.25, 0.3) is 0 Å². The van der Waals surface area contributed by atoms with E-state index in [0.717, 1.165) is 15.7 Å². The number of methoxy groups -OCH3 is 1. The number of benzene rings is 1. The molecule has 0 spiro atoms. The van der Waals surface area contributed by atoms with Crippen LogP contribution in [-0.4, -0.2) is 13.7 Å². The summed E-state index contributed by atoms with van der Waals surface area (Å²) in [6, 6.07) is 5.46. The number of hydrogen-bond donors (Lipinski definition) is 2. The molecule has 0 unspecified atom stereocenters. The van der Waals surface area contributed by atoms with Crippen LogP contribution in [0.3, 0.4) is 0 Å². The molecule has 0 heterocycles. The summed E-state index contributed by atoms with van der Waals surface area (Å²) in [5.74, 6) is 0. The highest BCUT2D eigenvalue weighted by Gasteiger charge is 2.08. The molecule has 1 atom stereocenters. The molecule has 0 radical (unpaired) electrons. The molecule has 4 heteroatoms. The Balaban J connectivity index is 2.88. The highest BCUT2D eigenvalue weighted by Crippen LogP contribution is 2.24. The first-order valence-electron chi connectivity index (χ1n) is 3.94. The van der Waals surface area contributed by atoms with E-state index in [-0.39, 0.29) is 6.04 Å². The molecule has 0 bridgehead atoms. The molecule has 4 N–H and O–H groups in total. The summed E-state index contributed by atoms with van der Waals surface area (Å²) in [6.07, 6.45) is 0. The molecule has 3 nitrogen and oxygen atoms in total. The number of halogens is 1. The van der Waals surface area contributed by atoms with Gasteiger partial charge in [-0.3, -0.25) is 0 Å². The molecule has 0 saturated carbocycles. The smallest absolute Gasteiger partial charge is 0.0655 e. The maximum Gasteiger partial charge on any atom is 0.0655 e. The van der Waals surface area contributed by atoms with Gasteiger partial charge >= 0.3 is 0 Å². The minimum absolute atomic E-state index is 0.111. The van der Waals surface area contributed by atoms with Gasteiger partial charge in [-0.05, 0) is 17.7 Å². The molecule has 13 heavy (non-hydrogen) atoms. The lowest BCUT2D eigenvalue weighted by Crippen LogP contribution is -2.16. The van der Waals surface area contributed by atoms with Crippen LogP contribution in [0, 0.1) is 0 Å². The Morgan fingerprint density at radius 1 is 1.54 bits per heavy atom. The van der Waals surface area contributed by atoms with Gasteiger partial charge in [-0.2, -0.15) is 0 Å². The van der Waals surface area contributed by atoms with Gasteiger partial charge in [-0.1, -0.05) is 22.0 Å². The van der Waals surface area contributed by atoms with E-state index in [1.165, 1.54) is 0 Å². The second-order valence-electron chi connectivity index (χ2n) is 2.84. The predicted molar refractivity (Wildman–Crippen MR) is 57.4 cm³/mol. The first-order valence-corrected chi connectivity index (χ1v) is 4.74. The van der Waals surface area contributed by atoms with Crippen molar-refractivity contribution in [3.8, 4) is 0 Å². The van der Waals surface area contributed by atoms with Crippen molar-refractivity contribution in [2.75, 3.05) is 19.5 Å². The summed E-state index contributed by atoms with van der Waals surface area (Å²) >= 11 is 3.40. The molecule has 1 aromatic rings. The number of nitrogens with two attached hydrogens (primary N) is 2. The molecule has 0 fully saturated rings. The number of ether oxygens (including phenoxy) is 1. The fraction of sp³-hybridized carbons (Fsp3) is 0.333. The molecule has 0 aliphatic carbocycles. The van der Waals surface area contributed by atoms with E-state index in [9.17, 15) is 0 Å². The zero-order valence-electron chi connectivity index (χ0n) is 7.46. The van der Waals surface area contributed by atoms with Crippen LogP contribution in [-0.2, 0) is 4.74 Å². The molecular formula is C9H13BrN2O. The number of anilines is 1. The van der Waals surface area contributed by atoms with E-state index in [1.54, 1.807) is 7.11 Å². The van der Waals surface area contributed by atoms with Crippen molar-refractivity contribution in [1.82, 2.24) is 0 Å². The maximum absolute atomic E-state index is 5.86. The number of hydrogen-bond acceptors (Lipinski definition) is 3. The first-order chi connectivity index (χ1) is 6.15. The Morgan fingerprint density at radius 3 is 2.77 bits per heavy atom. The molecule has 0 amide bonds. The standard InChI is InChI=1S/C9H13BrN2O/c1-13-5-9(12)7-3-2-6(11)4-8(7)10/h2-4,9H,5,11-12H2,1H3/t9-/m1/s1. The van der Waals surface area contributed by atoms with E-state index >= 15 is 0 Å². The third-order valence-electron chi connectivity index (χ3n) is 1.77. The minimum atomic E-state index is -0.111. The summed E-state index contributed by atoms with van der Waals surface area (Å²) in [5, 5.41) is 0. The van der Waals surface area contributed by atoms with Crippen LogP contribution < -0.4 is 11.5 Å². The lowest BCUT2D eigenvalue weighted by atomic mass is 10.1. The predicted octanol–water partition coefficient (Wildman–Crippen LogP) is 1.68. The van der Waals surface area contributed by atoms with Crippen molar-refractivity contribution in [3.63, 3.8) is 0 Å². The Morgan fingerprint density at radius 2 is 2.23 bits per heavy atom. The van der Waals surface area contributed by atoms with Crippen molar-refractivity contribution in [2.45, 2.75) is 6.04 Å². The second kappa shape index (κ2) is 4.60. The largest absolute Gasteiger partial charge is 0.399 e. The maximum atomic E-state index is 5.86. The van der Waals surface area contributed by atoms with E-state index in [2.05, 4.69) is 15.9 Å². The van der Waals surface area contributed by atoms with Crippen LogP contribution in [0.1, 0.15) is 11.6 Å². The van der Waals surface area contributed by atoms with Crippen molar-refractivity contribution >= 4 is 21.6 Å². The third kappa shape index (κ3) is 2.69. The molecule has 1 aromatic carbocycles. The Bertz CT molecular complexity index is 291. The van der Waals surface area contributed by atoms with E-state index in [1.807, 2.05) is 18.2 Å². The fourth-order valence-electron chi connectivity index (χ4n) is 1.11. The van der Waals surface area contributed by atoms with Crippen LogP contribution in [0.2, 0.25) is 0 Å². The van der Waals surface area contributed by atoms with Gasteiger partial charge in [0.25, 0.3) is 0 Å². The second-order valence-corrected chi connectivity index (χ2v) is 3.70. The van der Waals surface area contributed by atoms with Gasteiger partial charge in [0.05, 0.1) is 12.6 Å². The van der Waals surface area contributed by atoms with Crippen molar-refractivity contribution in [3.05, 3.63) is 28.2 Å². The van der Waals surface area contributed by atoms with Crippen LogP contribution in [0.5, 0.6) is 0 Å². The van der Waals surface area contributed by atoms with Gasteiger partial charge in [0.2, 0.25) is 0 Å². The van der Waals surface area contributed by atoms with E-state index in [0.29, 0.717) is 6.61 Å². The number of nitrogen functional groups attached to an aromatic ring is 1. The topological polar surface area (TPSA) is 61.3 Å². The zero-order valence-corrected chi connectivity index (χ0v) is 9.04. The minimum Gasteiger partial charge on any atom is -0.399 e. The summed E-state index contributed by atoms with van der Waals surface area (Å²) in [7, 11) is 1.63. The van der Waals surface area contributed by atoms with Gasteiger partial charge in [0, 0.05) is 17.3 Å². The monoisotopic (exact) mass is 244 g/mol. The van der Waals surface area contributed by atoms with E-state index < -0.39 is 0 Å². The molecular weight excluding hydrogens is 232 g/mol. The quantitative estimate of drug-likeness (QED) is 0.796. The SMILES string of the molecule is COC[C@@H](N)c1ccc(N)cc1Br. The third-order valence-corrected chi connectivity index (χ3v) is 2.46. The average molecular weight is 245 g/mol. The Kier molecular flexibility index (Phi) is 3.71. The molecule has 0 aliphatic heterocycles. The Hall–Kier alpha value is -0.580. The van der Waals surface area contributed by atoms with E-state index in [4.69, 9.17) is 16.2 Å². The molecule has 0 aromatic heterocycles. The van der Waals surface area contributed by atoms with Gasteiger partial charge in [-0.25, -0.2) is 0 Å². The summed E-state index contributed by atoms with van der Waals surface area (Å²) in [4.78, 5) is 0. The summed E-state index contributed by atoms with van der Waals surface area (Å²) in [6.45, 7) is 0.502. The van der Waals surface area contributed by atoms with Crippen LogP contribution in [0.15, 0.2) is 22.7 Å². The van der Waals surface area contributed by atoms with Gasteiger partial charge in [0.15, 0.2) is 0 Å². The lowest BCUT2D eigenvalue weighted by molar-refractivity contribution is 0.180. The molecule has 72 valence electrons. The van der Waals surface area contributed by atoms with Crippen LogP contribution >= 0.6 is 15.9 Å². The first kappa shape index (κ1) is 10.5. The van der Waals surface area contributed by atoms with Gasteiger partial charge in [-0.15, -0.1) is 0 Å². The zero-order chi connectivity index (χ0) is 9.84. The highest BCUT2D eigenvalue weighted by atomic mass is 79.9. The van der Waals surface area contributed by atoms with Crippen molar-refractivity contribution < 1.29 is 4.74 Å². The lowest BCUT2D eigenvalue weighted by Gasteiger charge is -2.12. The molecule has 0 saturated heterocycles. The highest BCUT2D eigenvalue weighted by molar-refractivity contribution is 9.10. The normalized spacial score (nSPS) is 12.8. The van der Waals surface area contributed by atoms with Crippen molar-refractivity contribution in [1.29, 1.82) is 0 Å². The molecule has 0 aliphatic rings. The number of rotatable bonds is 3. The Labute approximate surface area is 86.2 Å². The summed E-state index contributed by atoms with van der Waals surface area (Å²) in [5.41, 5.74) is 13.2.